The van der Waals surface area contributed by atoms with Crippen molar-refractivity contribution in [1.82, 2.24) is 0 Å². The number of methoxy groups -OCH3 is 1. The zero-order valence-electron chi connectivity index (χ0n) is 10.4. The lowest BCUT2D eigenvalue weighted by Gasteiger charge is -2.38. The predicted octanol–water partition coefficient (Wildman–Crippen LogP) is 2.36. The predicted molar refractivity (Wildman–Crippen MR) is 68.8 cm³/mol. The second-order valence-electron chi connectivity index (χ2n) is 4.01. The summed E-state index contributed by atoms with van der Waals surface area (Å²) in [6, 6.07) is 6.35. The summed E-state index contributed by atoms with van der Waals surface area (Å²) in [6.07, 6.45) is 0. The molecule has 3 heteroatoms. The van der Waals surface area contributed by atoms with Crippen molar-refractivity contribution in [2.45, 2.75) is 13.8 Å². The molecule has 1 aromatic rings. The number of anilines is 2. The Morgan fingerprint density at radius 1 is 1.06 bits per heavy atom. The number of fused-ring (bicyclic) bond motifs is 1. The topological polar surface area (TPSA) is 15.7 Å². The van der Waals surface area contributed by atoms with Gasteiger partial charge in [0.2, 0.25) is 0 Å². The summed E-state index contributed by atoms with van der Waals surface area (Å²) >= 11 is 0. The summed E-state index contributed by atoms with van der Waals surface area (Å²) in [7, 11) is 1.72. The summed E-state index contributed by atoms with van der Waals surface area (Å²) in [5.41, 5.74) is 2.63. The largest absolute Gasteiger partial charge is 0.497 e. The first kappa shape index (κ1) is 11.1. The van der Waals surface area contributed by atoms with Crippen LogP contribution in [0.5, 0.6) is 5.75 Å². The first-order valence-electron chi connectivity index (χ1n) is 5.98. The molecule has 1 aliphatic rings. The molecule has 0 spiro atoms. The van der Waals surface area contributed by atoms with Crippen LogP contribution in [-0.2, 0) is 0 Å². The monoisotopic (exact) mass is 220 g/mol. The van der Waals surface area contributed by atoms with E-state index in [2.05, 4.69) is 35.8 Å². The number of benzene rings is 1. The Morgan fingerprint density at radius 3 is 2.25 bits per heavy atom. The van der Waals surface area contributed by atoms with Crippen LogP contribution in [0.3, 0.4) is 0 Å². The van der Waals surface area contributed by atoms with E-state index in [1.165, 1.54) is 11.4 Å². The molecular weight excluding hydrogens is 200 g/mol. The Bertz CT molecular complexity index is 365. The second-order valence-corrected chi connectivity index (χ2v) is 4.01. The van der Waals surface area contributed by atoms with Crippen LogP contribution in [0.25, 0.3) is 0 Å². The Labute approximate surface area is 97.6 Å². The third kappa shape index (κ3) is 1.82. The fourth-order valence-corrected chi connectivity index (χ4v) is 2.29. The molecule has 16 heavy (non-hydrogen) atoms. The fourth-order valence-electron chi connectivity index (χ4n) is 2.29. The number of nitrogens with zero attached hydrogens (tertiary/aromatic N) is 2. The van der Waals surface area contributed by atoms with E-state index >= 15 is 0 Å². The van der Waals surface area contributed by atoms with E-state index in [4.69, 9.17) is 4.74 Å². The van der Waals surface area contributed by atoms with Gasteiger partial charge in [0.1, 0.15) is 5.75 Å². The summed E-state index contributed by atoms with van der Waals surface area (Å²) in [4.78, 5) is 4.82. The quantitative estimate of drug-likeness (QED) is 0.777. The SMILES string of the molecule is CCN1CCN(CC)c2cc(OC)ccc21. The van der Waals surface area contributed by atoms with Crippen LogP contribution in [0.4, 0.5) is 11.4 Å². The van der Waals surface area contributed by atoms with Gasteiger partial charge in [0.05, 0.1) is 18.5 Å². The molecule has 1 aromatic carbocycles. The van der Waals surface area contributed by atoms with Gasteiger partial charge in [-0.3, -0.25) is 0 Å². The van der Waals surface area contributed by atoms with Gasteiger partial charge in [-0.15, -0.1) is 0 Å². The Morgan fingerprint density at radius 2 is 1.69 bits per heavy atom. The molecule has 0 amide bonds. The van der Waals surface area contributed by atoms with Crippen molar-refractivity contribution in [2.75, 3.05) is 43.1 Å². The minimum atomic E-state index is 0.940. The van der Waals surface area contributed by atoms with Gasteiger partial charge in [0.25, 0.3) is 0 Å². The molecule has 0 fully saturated rings. The molecule has 0 N–H and O–H groups in total. The zero-order valence-corrected chi connectivity index (χ0v) is 10.4. The van der Waals surface area contributed by atoms with Crippen LogP contribution in [0.1, 0.15) is 13.8 Å². The van der Waals surface area contributed by atoms with Crippen molar-refractivity contribution in [3.05, 3.63) is 18.2 Å². The highest BCUT2D eigenvalue weighted by atomic mass is 16.5. The molecule has 1 aliphatic heterocycles. The fraction of sp³-hybridized carbons (Fsp3) is 0.538. The highest BCUT2D eigenvalue weighted by molar-refractivity contribution is 5.75. The highest BCUT2D eigenvalue weighted by Crippen LogP contribution is 2.35. The van der Waals surface area contributed by atoms with Gasteiger partial charge in [-0.2, -0.15) is 0 Å². The van der Waals surface area contributed by atoms with Crippen LogP contribution >= 0.6 is 0 Å². The lowest BCUT2D eigenvalue weighted by Crippen LogP contribution is -2.40. The molecule has 0 aromatic heterocycles. The molecule has 0 atom stereocenters. The van der Waals surface area contributed by atoms with E-state index in [1.807, 2.05) is 6.07 Å². The van der Waals surface area contributed by atoms with Crippen molar-refractivity contribution in [2.24, 2.45) is 0 Å². The maximum atomic E-state index is 5.30. The first-order valence-corrected chi connectivity index (χ1v) is 5.98. The molecule has 0 saturated carbocycles. The van der Waals surface area contributed by atoms with E-state index in [0.717, 1.165) is 31.9 Å². The van der Waals surface area contributed by atoms with Crippen molar-refractivity contribution in [3.63, 3.8) is 0 Å². The molecule has 0 bridgehead atoms. The lowest BCUT2D eigenvalue weighted by molar-refractivity contribution is 0.414. The average molecular weight is 220 g/mol. The maximum absolute atomic E-state index is 5.30. The summed E-state index contributed by atoms with van der Waals surface area (Å²) in [5, 5.41) is 0. The van der Waals surface area contributed by atoms with Gasteiger partial charge in [0, 0.05) is 32.2 Å². The smallest absolute Gasteiger partial charge is 0.121 e. The normalized spacial score (nSPS) is 14.9. The average Bonchev–Trinajstić information content (AvgIpc) is 2.36. The van der Waals surface area contributed by atoms with Crippen molar-refractivity contribution in [3.8, 4) is 5.75 Å². The summed E-state index contributed by atoms with van der Waals surface area (Å²) in [6.45, 7) is 8.74. The van der Waals surface area contributed by atoms with Gasteiger partial charge < -0.3 is 14.5 Å². The Balaban J connectivity index is 2.41. The summed E-state index contributed by atoms with van der Waals surface area (Å²) in [5.74, 6) is 0.940. The van der Waals surface area contributed by atoms with Crippen molar-refractivity contribution in [1.29, 1.82) is 0 Å². The maximum Gasteiger partial charge on any atom is 0.121 e. The van der Waals surface area contributed by atoms with Crippen LogP contribution < -0.4 is 14.5 Å². The van der Waals surface area contributed by atoms with Gasteiger partial charge in [-0.25, -0.2) is 0 Å². The third-order valence-electron chi connectivity index (χ3n) is 3.27. The van der Waals surface area contributed by atoms with Gasteiger partial charge >= 0.3 is 0 Å². The number of hydrogen-bond acceptors (Lipinski definition) is 3. The van der Waals surface area contributed by atoms with Crippen molar-refractivity contribution < 1.29 is 4.74 Å². The Hall–Kier alpha value is -1.38. The van der Waals surface area contributed by atoms with E-state index in [9.17, 15) is 0 Å². The minimum Gasteiger partial charge on any atom is -0.497 e. The standard InChI is InChI=1S/C13H20N2O/c1-4-14-8-9-15(5-2)13-10-11(16-3)6-7-12(13)14/h6-7,10H,4-5,8-9H2,1-3H3. The van der Waals surface area contributed by atoms with Crippen LogP contribution in [0.2, 0.25) is 0 Å². The lowest BCUT2D eigenvalue weighted by atomic mass is 10.1. The number of rotatable bonds is 3. The second kappa shape index (κ2) is 4.64. The van der Waals surface area contributed by atoms with E-state index < -0.39 is 0 Å². The first-order chi connectivity index (χ1) is 7.80. The molecule has 0 radical (unpaired) electrons. The molecular formula is C13H20N2O. The molecule has 0 unspecified atom stereocenters. The molecule has 88 valence electrons. The van der Waals surface area contributed by atoms with Crippen LogP contribution in [0, 0.1) is 0 Å². The van der Waals surface area contributed by atoms with Crippen molar-refractivity contribution >= 4 is 11.4 Å². The summed E-state index contributed by atoms with van der Waals surface area (Å²) < 4.78 is 5.30. The van der Waals surface area contributed by atoms with Crippen LogP contribution in [0.15, 0.2) is 18.2 Å². The Kier molecular flexibility index (Phi) is 3.22. The number of ether oxygens (including phenoxy) is 1. The highest BCUT2D eigenvalue weighted by Gasteiger charge is 2.20. The van der Waals surface area contributed by atoms with Gasteiger partial charge in [0.15, 0.2) is 0 Å². The molecule has 1 heterocycles. The third-order valence-corrected chi connectivity index (χ3v) is 3.27. The molecule has 3 nitrogen and oxygen atoms in total. The van der Waals surface area contributed by atoms with Gasteiger partial charge in [-0.1, -0.05) is 0 Å². The van der Waals surface area contributed by atoms with Crippen LogP contribution in [-0.4, -0.2) is 33.3 Å². The van der Waals surface area contributed by atoms with E-state index in [-0.39, 0.29) is 0 Å². The zero-order chi connectivity index (χ0) is 11.5. The number of likely N-dealkylation sites (N-methyl/N-ethyl adjacent to an activating group) is 2. The minimum absolute atomic E-state index is 0.940. The number of hydrogen-bond donors (Lipinski definition) is 0. The van der Waals surface area contributed by atoms with E-state index in [0.29, 0.717) is 0 Å². The molecule has 0 aliphatic carbocycles. The molecule has 0 saturated heterocycles. The van der Waals surface area contributed by atoms with Gasteiger partial charge in [-0.05, 0) is 26.0 Å². The molecule has 2 rings (SSSR count). The van der Waals surface area contributed by atoms with E-state index in [1.54, 1.807) is 7.11 Å².